The Bertz CT molecular complexity index is 1390. The maximum Gasteiger partial charge on any atom is 0.289 e. The first-order valence-electron chi connectivity index (χ1n) is 11.8. The monoisotopic (exact) mass is 498 g/mol. The highest BCUT2D eigenvalue weighted by Gasteiger charge is 2.24. The number of anilines is 2. The summed E-state index contributed by atoms with van der Waals surface area (Å²) >= 11 is 5.31. The third-order valence-electron chi connectivity index (χ3n) is 6.31. The van der Waals surface area contributed by atoms with E-state index in [1.807, 2.05) is 84.6 Å². The maximum absolute atomic E-state index is 12.9. The number of furan rings is 1. The van der Waals surface area contributed by atoms with Gasteiger partial charge in [0.1, 0.15) is 5.58 Å². The molecule has 1 aliphatic heterocycles. The van der Waals surface area contributed by atoms with Crippen LogP contribution in [0, 0.1) is 6.92 Å². The predicted molar refractivity (Wildman–Crippen MR) is 146 cm³/mol. The Balaban J connectivity index is 1.14. The quantitative estimate of drug-likeness (QED) is 0.393. The average Bonchev–Trinajstić information content (AvgIpc) is 3.33. The SMILES string of the molecule is Cc1ccccc1C(=O)NC(=S)Nc1ccc(N2CCN(C(=O)c3cc4ccccc4o3)CC2)cc1. The Labute approximate surface area is 214 Å². The van der Waals surface area contributed by atoms with Crippen molar-refractivity contribution >= 4 is 51.5 Å². The van der Waals surface area contributed by atoms with Crippen LogP contribution in [0.25, 0.3) is 11.0 Å². The standard InChI is InChI=1S/C28H26N4O3S/c1-19-6-2-4-8-23(19)26(33)30-28(36)29-21-10-12-22(13-11-21)31-14-16-32(17-15-31)27(34)25-18-20-7-3-5-9-24(20)35-25/h2-13,18H,14-17H2,1H3,(H2,29,30,33,36). The molecule has 2 heterocycles. The first-order chi connectivity index (χ1) is 17.5. The van der Waals surface area contributed by atoms with E-state index in [-0.39, 0.29) is 16.9 Å². The summed E-state index contributed by atoms with van der Waals surface area (Å²) in [6.07, 6.45) is 0. The second-order valence-electron chi connectivity index (χ2n) is 8.70. The molecule has 4 aromatic rings. The third-order valence-corrected chi connectivity index (χ3v) is 6.51. The van der Waals surface area contributed by atoms with Crippen LogP contribution < -0.4 is 15.5 Å². The smallest absolute Gasteiger partial charge is 0.289 e. The van der Waals surface area contributed by atoms with Crippen LogP contribution in [0.15, 0.2) is 83.3 Å². The summed E-state index contributed by atoms with van der Waals surface area (Å²) in [7, 11) is 0. The summed E-state index contributed by atoms with van der Waals surface area (Å²) in [6, 6.07) is 24.7. The topological polar surface area (TPSA) is 77.8 Å². The van der Waals surface area contributed by atoms with Crippen molar-refractivity contribution in [3.05, 3.63) is 95.7 Å². The number of nitrogens with one attached hydrogen (secondary N) is 2. The molecule has 0 spiro atoms. The highest BCUT2D eigenvalue weighted by Crippen LogP contribution is 2.23. The molecular weight excluding hydrogens is 472 g/mol. The van der Waals surface area contributed by atoms with E-state index < -0.39 is 0 Å². The lowest BCUT2D eigenvalue weighted by Crippen LogP contribution is -2.48. The van der Waals surface area contributed by atoms with Crippen molar-refractivity contribution < 1.29 is 14.0 Å². The first-order valence-corrected chi connectivity index (χ1v) is 12.2. The molecule has 182 valence electrons. The summed E-state index contributed by atoms with van der Waals surface area (Å²) in [5, 5.41) is 6.96. The minimum Gasteiger partial charge on any atom is -0.451 e. The van der Waals surface area contributed by atoms with E-state index in [1.54, 1.807) is 6.07 Å². The molecule has 2 amide bonds. The second-order valence-corrected chi connectivity index (χ2v) is 9.11. The fourth-order valence-corrected chi connectivity index (χ4v) is 4.54. The van der Waals surface area contributed by atoms with E-state index in [0.29, 0.717) is 24.4 Å². The zero-order valence-corrected chi connectivity index (χ0v) is 20.7. The fraction of sp³-hybridized carbons (Fsp3) is 0.179. The molecule has 1 aromatic heterocycles. The van der Waals surface area contributed by atoms with Gasteiger partial charge >= 0.3 is 0 Å². The first kappa shape index (κ1) is 23.6. The Kier molecular flexibility index (Phi) is 6.69. The van der Waals surface area contributed by atoms with E-state index in [0.717, 1.165) is 41.0 Å². The zero-order chi connectivity index (χ0) is 25.1. The van der Waals surface area contributed by atoms with Gasteiger partial charge in [-0.1, -0.05) is 36.4 Å². The Morgan fingerprint density at radius 2 is 1.58 bits per heavy atom. The van der Waals surface area contributed by atoms with Gasteiger partial charge < -0.3 is 19.5 Å². The van der Waals surface area contributed by atoms with E-state index in [9.17, 15) is 9.59 Å². The van der Waals surface area contributed by atoms with Gasteiger partial charge in [-0.15, -0.1) is 0 Å². The van der Waals surface area contributed by atoms with Crippen LogP contribution in [0.3, 0.4) is 0 Å². The molecule has 0 unspecified atom stereocenters. The van der Waals surface area contributed by atoms with Crippen molar-refractivity contribution in [2.45, 2.75) is 6.92 Å². The molecule has 1 fully saturated rings. The molecule has 0 radical (unpaired) electrons. The van der Waals surface area contributed by atoms with Crippen molar-refractivity contribution in [2.24, 2.45) is 0 Å². The number of rotatable bonds is 4. The summed E-state index contributed by atoms with van der Waals surface area (Å²) in [5.74, 6) is 0.0644. The molecule has 0 aliphatic carbocycles. The number of benzene rings is 3. The molecule has 7 nitrogen and oxygen atoms in total. The molecule has 5 rings (SSSR count). The molecule has 3 aromatic carbocycles. The van der Waals surface area contributed by atoms with Gasteiger partial charge in [-0.05, 0) is 67.2 Å². The molecular formula is C28H26N4O3S. The van der Waals surface area contributed by atoms with Gasteiger partial charge in [0.2, 0.25) is 0 Å². The minimum absolute atomic E-state index is 0.0772. The number of carbonyl (C=O) groups excluding carboxylic acids is 2. The predicted octanol–water partition coefficient (Wildman–Crippen LogP) is 4.83. The zero-order valence-electron chi connectivity index (χ0n) is 19.9. The summed E-state index contributed by atoms with van der Waals surface area (Å²) in [5.41, 5.74) is 4.05. The minimum atomic E-state index is -0.239. The van der Waals surface area contributed by atoms with Crippen LogP contribution in [-0.2, 0) is 0 Å². The second kappa shape index (κ2) is 10.2. The van der Waals surface area contributed by atoms with Crippen molar-refractivity contribution in [3.8, 4) is 0 Å². The number of piperazine rings is 1. The van der Waals surface area contributed by atoms with Crippen LogP contribution >= 0.6 is 12.2 Å². The molecule has 0 atom stereocenters. The highest BCUT2D eigenvalue weighted by molar-refractivity contribution is 7.80. The van der Waals surface area contributed by atoms with Crippen LogP contribution in [0.2, 0.25) is 0 Å². The summed E-state index contributed by atoms with van der Waals surface area (Å²) in [6.45, 7) is 4.57. The number of carbonyl (C=O) groups is 2. The van der Waals surface area contributed by atoms with Gasteiger partial charge in [-0.25, -0.2) is 0 Å². The van der Waals surface area contributed by atoms with Crippen LogP contribution in [0.4, 0.5) is 11.4 Å². The van der Waals surface area contributed by atoms with Gasteiger partial charge in [0, 0.05) is 48.5 Å². The normalized spacial score (nSPS) is 13.5. The van der Waals surface area contributed by atoms with Gasteiger partial charge in [-0.2, -0.15) is 0 Å². The van der Waals surface area contributed by atoms with E-state index in [1.165, 1.54) is 0 Å². The summed E-state index contributed by atoms with van der Waals surface area (Å²) in [4.78, 5) is 29.4. The van der Waals surface area contributed by atoms with Crippen molar-refractivity contribution in [2.75, 3.05) is 36.4 Å². The Morgan fingerprint density at radius 1 is 0.889 bits per heavy atom. The number of thiocarbonyl (C=S) groups is 1. The number of hydrogen-bond acceptors (Lipinski definition) is 5. The fourth-order valence-electron chi connectivity index (χ4n) is 4.33. The molecule has 8 heteroatoms. The Hall–Kier alpha value is -4.17. The average molecular weight is 499 g/mol. The van der Waals surface area contributed by atoms with Gasteiger partial charge in [-0.3, -0.25) is 14.9 Å². The van der Waals surface area contributed by atoms with Crippen molar-refractivity contribution in [1.29, 1.82) is 0 Å². The number of para-hydroxylation sites is 1. The lowest BCUT2D eigenvalue weighted by Gasteiger charge is -2.35. The Morgan fingerprint density at radius 3 is 2.31 bits per heavy atom. The molecule has 1 aliphatic rings. The molecule has 0 bridgehead atoms. The number of fused-ring (bicyclic) bond motifs is 1. The van der Waals surface area contributed by atoms with Gasteiger partial charge in [0.25, 0.3) is 11.8 Å². The van der Waals surface area contributed by atoms with Crippen LogP contribution in [0.1, 0.15) is 26.5 Å². The van der Waals surface area contributed by atoms with Gasteiger partial charge in [0.05, 0.1) is 0 Å². The highest BCUT2D eigenvalue weighted by atomic mass is 32.1. The number of amides is 2. The van der Waals surface area contributed by atoms with Crippen LogP contribution in [0.5, 0.6) is 0 Å². The van der Waals surface area contributed by atoms with E-state index in [4.69, 9.17) is 16.6 Å². The maximum atomic E-state index is 12.9. The van der Waals surface area contributed by atoms with Crippen molar-refractivity contribution in [1.82, 2.24) is 10.2 Å². The number of hydrogen-bond donors (Lipinski definition) is 2. The largest absolute Gasteiger partial charge is 0.451 e. The van der Waals surface area contributed by atoms with E-state index in [2.05, 4.69) is 15.5 Å². The van der Waals surface area contributed by atoms with E-state index >= 15 is 0 Å². The van der Waals surface area contributed by atoms with Crippen molar-refractivity contribution in [3.63, 3.8) is 0 Å². The molecule has 2 N–H and O–H groups in total. The van der Waals surface area contributed by atoms with Crippen LogP contribution in [-0.4, -0.2) is 48.0 Å². The number of nitrogens with zero attached hydrogens (tertiary/aromatic N) is 2. The molecule has 1 saturated heterocycles. The number of aryl methyl sites for hydroxylation is 1. The summed E-state index contributed by atoms with van der Waals surface area (Å²) < 4.78 is 5.75. The lowest BCUT2D eigenvalue weighted by atomic mass is 10.1. The van der Waals surface area contributed by atoms with Gasteiger partial charge in [0.15, 0.2) is 10.9 Å². The molecule has 0 saturated carbocycles. The lowest BCUT2D eigenvalue weighted by molar-refractivity contribution is 0.0717. The molecule has 36 heavy (non-hydrogen) atoms. The third kappa shape index (κ3) is 5.08.